The lowest BCUT2D eigenvalue weighted by Crippen LogP contribution is -2.15. The molecule has 0 unspecified atom stereocenters. The van der Waals surface area contributed by atoms with Gasteiger partial charge in [0.15, 0.2) is 0 Å². The van der Waals surface area contributed by atoms with Gasteiger partial charge in [-0.15, -0.1) is 0 Å². The van der Waals surface area contributed by atoms with Crippen LogP contribution in [-0.2, 0) is 4.79 Å². The number of carbonyl (C=O) groups is 1. The molecule has 0 saturated heterocycles. The molecule has 0 saturated carbocycles. The predicted octanol–water partition coefficient (Wildman–Crippen LogP) is 2.03. The summed E-state index contributed by atoms with van der Waals surface area (Å²) in [4.78, 5) is 11.0. The Morgan fingerprint density at radius 1 is 1.21 bits per heavy atom. The van der Waals surface area contributed by atoms with Gasteiger partial charge in [0.1, 0.15) is 0 Å². The zero-order valence-corrected chi connectivity index (χ0v) is 9.50. The summed E-state index contributed by atoms with van der Waals surface area (Å²) in [5.74, 6) is -0.284. The number of hydrogen-bond acceptors (Lipinski definition) is 2. The van der Waals surface area contributed by atoms with Gasteiger partial charge in [0.2, 0.25) is 0 Å². The minimum absolute atomic E-state index is 0.271. The second-order valence-electron chi connectivity index (χ2n) is 4.09. The van der Waals surface area contributed by atoms with Crippen molar-refractivity contribution in [2.75, 3.05) is 6.54 Å². The maximum absolute atomic E-state index is 11.0. The Labute approximate surface area is 86.0 Å². The molecule has 0 spiro atoms. The maximum atomic E-state index is 11.0. The summed E-state index contributed by atoms with van der Waals surface area (Å²) in [7, 11) is 0. The summed E-state index contributed by atoms with van der Waals surface area (Å²) in [6.07, 6.45) is 0.459. The van der Waals surface area contributed by atoms with Gasteiger partial charge < -0.3 is 10.8 Å². The molecular weight excluding hydrogens is 178 g/mol. The van der Waals surface area contributed by atoms with Gasteiger partial charge in [-0.2, -0.15) is 0 Å². The van der Waals surface area contributed by atoms with Crippen molar-refractivity contribution in [3.8, 4) is 0 Å². The highest BCUT2D eigenvalue weighted by atomic mass is 16.4. The molecule has 0 radical (unpaired) electrons. The fourth-order valence-electron chi connectivity index (χ4n) is 1.88. The quantitative estimate of drug-likeness (QED) is 0.666. The molecule has 14 heavy (non-hydrogen) atoms. The molecule has 0 aromatic rings. The van der Waals surface area contributed by atoms with Crippen LogP contribution >= 0.6 is 0 Å². The first kappa shape index (κ1) is 13.2. The Hall–Kier alpha value is -0.830. The maximum Gasteiger partial charge on any atom is 0.331 e. The molecule has 0 fully saturated rings. The van der Waals surface area contributed by atoms with Gasteiger partial charge in [-0.3, -0.25) is 0 Å². The topological polar surface area (TPSA) is 63.3 Å². The van der Waals surface area contributed by atoms with Gasteiger partial charge in [-0.05, 0) is 24.8 Å². The molecule has 0 heterocycles. The van der Waals surface area contributed by atoms with E-state index in [0.717, 1.165) is 5.57 Å². The van der Waals surface area contributed by atoms with Gasteiger partial charge in [-0.1, -0.05) is 33.3 Å². The van der Waals surface area contributed by atoms with E-state index in [0.29, 0.717) is 18.5 Å². The number of carboxylic acids is 1. The third-order valence-corrected chi connectivity index (χ3v) is 2.24. The van der Waals surface area contributed by atoms with Crippen molar-refractivity contribution in [2.24, 2.45) is 17.6 Å². The van der Waals surface area contributed by atoms with Crippen molar-refractivity contribution < 1.29 is 9.90 Å². The molecule has 0 aliphatic rings. The van der Waals surface area contributed by atoms with E-state index in [2.05, 4.69) is 0 Å². The van der Waals surface area contributed by atoms with Crippen LogP contribution in [0.4, 0.5) is 0 Å². The van der Waals surface area contributed by atoms with Crippen LogP contribution in [-0.4, -0.2) is 17.6 Å². The average Bonchev–Trinajstić information content (AvgIpc) is 2.01. The molecule has 0 aliphatic carbocycles. The molecule has 82 valence electrons. The van der Waals surface area contributed by atoms with E-state index in [9.17, 15) is 4.79 Å². The second kappa shape index (κ2) is 5.81. The lowest BCUT2D eigenvalue weighted by Gasteiger charge is -2.19. The molecule has 3 nitrogen and oxygen atoms in total. The normalized spacial score (nSPS) is 10.8. The Bertz CT molecular complexity index is 219. The highest BCUT2D eigenvalue weighted by Crippen LogP contribution is 2.25. The molecule has 0 atom stereocenters. The molecule has 0 aromatic heterocycles. The lowest BCUT2D eigenvalue weighted by atomic mass is 9.87. The van der Waals surface area contributed by atoms with Crippen LogP contribution in [0.5, 0.6) is 0 Å². The van der Waals surface area contributed by atoms with Crippen molar-refractivity contribution in [1.29, 1.82) is 0 Å². The third-order valence-electron chi connectivity index (χ3n) is 2.24. The Morgan fingerprint density at radius 2 is 1.64 bits per heavy atom. The number of carboxylic acid groups (broad SMARTS) is 1. The molecule has 0 bridgehead atoms. The van der Waals surface area contributed by atoms with Crippen LogP contribution < -0.4 is 5.73 Å². The summed E-state index contributed by atoms with van der Waals surface area (Å²) in [5.41, 5.74) is 6.92. The summed E-state index contributed by atoms with van der Waals surface area (Å²) in [6, 6.07) is 0. The zero-order chi connectivity index (χ0) is 11.3. The van der Waals surface area contributed by atoms with Crippen molar-refractivity contribution in [3.05, 3.63) is 11.1 Å². The van der Waals surface area contributed by atoms with Crippen molar-refractivity contribution in [1.82, 2.24) is 0 Å². The predicted molar refractivity (Wildman–Crippen MR) is 58.0 cm³/mol. The van der Waals surface area contributed by atoms with Crippen molar-refractivity contribution in [3.63, 3.8) is 0 Å². The van der Waals surface area contributed by atoms with Crippen molar-refractivity contribution in [2.45, 2.75) is 34.1 Å². The van der Waals surface area contributed by atoms with E-state index in [1.54, 1.807) is 0 Å². The van der Waals surface area contributed by atoms with Crippen LogP contribution in [0.15, 0.2) is 11.1 Å². The number of hydrogen-bond donors (Lipinski definition) is 2. The number of rotatable bonds is 5. The minimum Gasteiger partial charge on any atom is -0.478 e. The van der Waals surface area contributed by atoms with Gasteiger partial charge in [0, 0.05) is 5.57 Å². The Balaban J connectivity index is 5.15. The molecule has 0 aromatic carbocycles. The fraction of sp³-hybridized carbons (Fsp3) is 0.727. The van der Waals surface area contributed by atoms with Crippen LogP contribution in [0.25, 0.3) is 0 Å². The highest BCUT2D eigenvalue weighted by molar-refractivity contribution is 5.87. The number of allylic oxidation sites excluding steroid dienone is 1. The van der Waals surface area contributed by atoms with Gasteiger partial charge in [0.05, 0.1) is 0 Å². The third kappa shape index (κ3) is 3.50. The minimum atomic E-state index is -0.826. The summed E-state index contributed by atoms with van der Waals surface area (Å²) >= 11 is 0. The largest absolute Gasteiger partial charge is 0.478 e. The van der Waals surface area contributed by atoms with Crippen LogP contribution in [0, 0.1) is 11.8 Å². The van der Waals surface area contributed by atoms with E-state index in [1.165, 1.54) is 0 Å². The second-order valence-corrected chi connectivity index (χ2v) is 4.09. The van der Waals surface area contributed by atoms with Crippen LogP contribution in [0.3, 0.4) is 0 Å². The van der Waals surface area contributed by atoms with E-state index in [1.807, 2.05) is 27.7 Å². The van der Waals surface area contributed by atoms with Crippen LogP contribution in [0.2, 0.25) is 0 Å². The summed E-state index contributed by atoms with van der Waals surface area (Å²) in [5, 5.41) is 9.06. The Morgan fingerprint density at radius 3 is 1.86 bits per heavy atom. The first-order valence-electron chi connectivity index (χ1n) is 5.08. The average molecular weight is 199 g/mol. The van der Waals surface area contributed by atoms with Crippen LogP contribution in [0.1, 0.15) is 34.1 Å². The molecule has 3 N–H and O–H groups in total. The SMILES string of the molecule is CC(C)C(=C(CCN)C(=O)O)C(C)C. The van der Waals surface area contributed by atoms with E-state index >= 15 is 0 Å². The molecule has 0 amide bonds. The van der Waals surface area contributed by atoms with Gasteiger partial charge in [0.25, 0.3) is 0 Å². The molecule has 0 aliphatic heterocycles. The van der Waals surface area contributed by atoms with Gasteiger partial charge >= 0.3 is 5.97 Å². The number of aliphatic carboxylic acids is 1. The Kier molecular flexibility index (Phi) is 5.46. The first-order chi connectivity index (χ1) is 6.41. The smallest absolute Gasteiger partial charge is 0.331 e. The summed E-state index contributed by atoms with van der Waals surface area (Å²) < 4.78 is 0. The van der Waals surface area contributed by atoms with Crippen molar-refractivity contribution >= 4 is 5.97 Å². The monoisotopic (exact) mass is 199 g/mol. The fourth-order valence-corrected chi connectivity index (χ4v) is 1.88. The highest BCUT2D eigenvalue weighted by Gasteiger charge is 2.18. The van der Waals surface area contributed by atoms with Gasteiger partial charge in [-0.25, -0.2) is 4.79 Å². The zero-order valence-electron chi connectivity index (χ0n) is 9.50. The van der Waals surface area contributed by atoms with E-state index in [4.69, 9.17) is 10.8 Å². The summed E-state index contributed by atoms with van der Waals surface area (Å²) in [6.45, 7) is 8.48. The molecule has 0 rings (SSSR count). The standard InChI is InChI=1S/C11H21NO2/c1-7(2)10(8(3)4)9(5-6-12)11(13)14/h7-8H,5-6,12H2,1-4H3,(H,13,14). The lowest BCUT2D eigenvalue weighted by molar-refractivity contribution is -0.132. The molecule has 3 heteroatoms. The number of nitrogens with two attached hydrogens (primary N) is 1. The molecular formula is C11H21NO2. The van der Waals surface area contributed by atoms with E-state index < -0.39 is 5.97 Å². The van der Waals surface area contributed by atoms with E-state index in [-0.39, 0.29) is 11.8 Å². The first-order valence-corrected chi connectivity index (χ1v) is 5.08.